The molecular formula is C13H16ClNO4S. The molecule has 0 amide bonds. The predicted octanol–water partition coefficient (Wildman–Crippen LogP) is 0.689. The van der Waals surface area contributed by atoms with E-state index in [2.05, 4.69) is 0 Å². The molecule has 7 heteroatoms. The fourth-order valence-electron chi connectivity index (χ4n) is 2.66. The van der Waals surface area contributed by atoms with E-state index >= 15 is 0 Å². The highest BCUT2D eigenvalue weighted by molar-refractivity contribution is 8.00. The lowest BCUT2D eigenvalue weighted by molar-refractivity contribution is -0.174. The van der Waals surface area contributed by atoms with Gasteiger partial charge in [0.1, 0.15) is 18.4 Å². The standard InChI is InChI=1S/C13H16ClNO4S/c1-15-7-4-6(14)2-3-9(7)20-12-11(18)10(17)8(5-16)19-13(12)15/h2-4,8,10-13,16-18H,5H2,1H3/t8-,10-,11+,12+,13-/m1/s1. The Labute approximate surface area is 126 Å². The molecule has 3 N–H and O–H groups in total. The van der Waals surface area contributed by atoms with Crippen molar-refractivity contribution >= 4 is 29.1 Å². The molecule has 0 bridgehead atoms. The van der Waals surface area contributed by atoms with E-state index in [0.717, 1.165) is 10.6 Å². The summed E-state index contributed by atoms with van der Waals surface area (Å²) in [5.74, 6) is 0. The van der Waals surface area contributed by atoms with Gasteiger partial charge in [-0.3, -0.25) is 0 Å². The molecule has 0 spiro atoms. The molecule has 2 aliphatic heterocycles. The van der Waals surface area contributed by atoms with Crippen LogP contribution in [0.25, 0.3) is 0 Å². The normalized spacial score (nSPS) is 36.5. The van der Waals surface area contributed by atoms with Crippen LogP contribution in [0.4, 0.5) is 5.69 Å². The molecule has 0 aliphatic carbocycles. The predicted molar refractivity (Wildman–Crippen MR) is 77.3 cm³/mol. The SMILES string of the molecule is CN1c2cc(Cl)ccc2S[C@H]2[C@@H](O)[C@H](O)[C@@H](CO)O[C@H]21. The van der Waals surface area contributed by atoms with Crippen molar-refractivity contribution in [2.45, 2.75) is 34.7 Å². The number of ether oxygens (including phenoxy) is 1. The minimum Gasteiger partial charge on any atom is -0.394 e. The summed E-state index contributed by atoms with van der Waals surface area (Å²) in [7, 11) is 1.85. The number of anilines is 1. The molecule has 0 aromatic heterocycles. The molecule has 20 heavy (non-hydrogen) atoms. The average Bonchev–Trinajstić information content (AvgIpc) is 2.44. The van der Waals surface area contributed by atoms with Crippen LogP contribution in [0.2, 0.25) is 5.02 Å². The van der Waals surface area contributed by atoms with E-state index in [1.165, 1.54) is 11.8 Å². The van der Waals surface area contributed by atoms with Crippen molar-refractivity contribution in [3.8, 4) is 0 Å². The van der Waals surface area contributed by atoms with E-state index in [-0.39, 0.29) is 11.9 Å². The van der Waals surface area contributed by atoms with Gasteiger partial charge in [-0.15, -0.1) is 11.8 Å². The summed E-state index contributed by atoms with van der Waals surface area (Å²) in [6.07, 6.45) is -3.24. The monoisotopic (exact) mass is 317 g/mol. The van der Waals surface area contributed by atoms with E-state index in [1.54, 1.807) is 6.07 Å². The van der Waals surface area contributed by atoms with E-state index in [4.69, 9.17) is 16.3 Å². The number of fused-ring (bicyclic) bond motifs is 2. The summed E-state index contributed by atoms with van der Waals surface area (Å²) in [6.45, 7) is -0.331. The molecule has 110 valence electrons. The Morgan fingerprint density at radius 3 is 2.80 bits per heavy atom. The molecule has 2 aliphatic rings. The molecule has 1 aromatic rings. The molecule has 0 unspecified atom stereocenters. The zero-order chi connectivity index (χ0) is 14.4. The number of halogens is 1. The highest BCUT2D eigenvalue weighted by atomic mass is 35.5. The molecule has 1 aromatic carbocycles. The maximum Gasteiger partial charge on any atom is 0.145 e. The third kappa shape index (κ3) is 2.20. The minimum absolute atomic E-state index is 0.313. The summed E-state index contributed by atoms with van der Waals surface area (Å²) < 4.78 is 5.73. The fraction of sp³-hybridized carbons (Fsp3) is 0.538. The van der Waals surface area contributed by atoms with Gasteiger partial charge in [-0.2, -0.15) is 0 Å². The van der Waals surface area contributed by atoms with Crippen LogP contribution in [0.3, 0.4) is 0 Å². The molecular weight excluding hydrogens is 302 g/mol. The van der Waals surface area contributed by atoms with Crippen LogP contribution < -0.4 is 4.90 Å². The van der Waals surface area contributed by atoms with Crippen molar-refractivity contribution in [3.05, 3.63) is 23.2 Å². The third-order valence-corrected chi connectivity index (χ3v) is 5.41. The van der Waals surface area contributed by atoms with Crippen molar-refractivity contribution in [1.82, 2.24) is 0 Å². The van der Waals surface area contributed by atoms with E-state index < -0.39 is 24.5 Å². The third-order valence-electron chi connectivity index (χ3n) is 3.79. The molecule has 5 nitrogen and oxygen atoms in total. The van der Waals surface area contributed by atoms with Crippen molar-refractivity contribution in [2.24, 2.45) is 0 Å². The van der Waals surface area contributed by atoms with Gasteiger partial charge in [0.15, 0.2) is 0 Å². The summed E-state index contributed by atoms with van der Waals surface area (Å²) >= 11 is 7.48. The summed E-state index contributed by atoms with van der Waals surface area (Å²) in [6, 6.07) is 5.53. The first kappa shape index (κ1) is 14.4. The molecule has 3 rings (SSSR count). The first-order chi connectivity index (χ1) is 9.52. The molecule has 1 saturated heterocycles. The van der Waals surface area contributed by atoms with Gasteiger partial charge in [0.2, 0.25) is 0 Å². The number of benzene rings is 1. The van der Waals surface area contributed by atoms with Crippen molar-refractivity contribution in [2.75, 3.05) is 18.6 Å². The Bertz CT molecular complexity index is 517. The second kappa shape index (κ2) is 5.36. The van der Waals surface area contributed by atoms with Crippen LogP contribution in [0.15, 0.2) is 23.1 Å². The largest absolute Gasteiger partial charge is 0.394 e. The molecule has 0 radical (unpaired) electrons. The topological polar surface area (TPSA) is 73.2 Å². The number of thioether (sulfide) groups is 1. The van der Waals surface area contributed by atoms with Crippen LogP contribution in [0, 0.1) is 0 Å². The van der Waals surface area contributed by atoms with Gasteiger partial charge in [-0.1, -0.05) is 11.6 Å². The first-order valence-electron chi connectivity index (χ1n) is 6.34. The smallest absolute Gasteiger partial charge is 0.145 e. The van der Waals surface area contributed by atoms with Gasteiger partial charge < -0.3 is 25.0 Å². The number of rotatable bonds is 1. The van der Waals surface area contributed by atoms with Gasteiger partial charge >= 0.3 is 0 Å². The minimum atomic E-state index is -1.09. The van der Waals surface area contributed by atoms with Crippen LogP contribution in [0.5, 0.6) is 0 Å². The lowest BCUT2D eigenvalue weighted by Gasteiger charge is -2.49. The fourth-order valence-corrected chi connectivity index (χ4v) is 4.25. The second-order valence-corrected chi connectivity index (χ2v) is 6.69. The maximum atomic E-state index is 10.3. The van der Waals surface area contributed by atoms with E-state index in [9.17, 15) is 15.3 Å². The zero-order valence-corrected chi connectivity index (χ0v) is 12.4. The molecule has 1 fully saturated rings. The van der Waals surface area contributed by atoms with Crippen LogP contribution in [-0.2, 0) is 4.74 Å². The quantitative estimate of drug-likeness (QED) is 0.708. The number of hydrogen-bond acceptors (Lipinski definition) is 6. The van der Waals surface area contributed by atoms with Gasteiger partial charge in [-0.25, -0.2) is 0 Å². The lowest BCUT2D eigenvalue weighted by atomic mass is 9.99. The van der Waals surface area contributed by atoms with E-state index in [1.807, 2.05) is 24.1 Å². The summed E-state index contributed by atoms with van der Waals surface area (Å²) in [4.78, 5) is 2.87. The van der Waals surface area contributed by atoms with Crippen molar-refractivity contribution < 1.29 is 20.1 Å². The van der Waals surface area contributed by atoms with Gasteiger partial charge in [0, 0.05) is 17.0 Å². The van der Waals surface area contributed by atoms with Gasteiger partial charge in [0.25, 0.3) is 0 Å². The van der Waals surface area contributed by atoms with Gasteiger partial charge in [-0.05, 0) is 18.2 Å². The van der Waals surface area contributed by atoms with Crippen molar-refractivity contribution in [3.63, 3.8) is 0 Å². The highest BCUT2D eigenvalue weighted by Crippen LogP contribution is 2.46. The molecule has 0 saturated carbocycles. The number of hydrogen-bond donors (Lipinski definition) is 3. The number of nitrogens with zero attached hydrogens (tertiary/aromatic N) is 1. The van der Waals surface area contributed by atoms with Crippen LogP contribution in [0.1, 0.15) is 0 Å². The number of aliphatic hydroxyl groups is 3. The van der Waals surface area contributed by atoms with Crippen LogP contribution >= 0.6 is 23.4 Å². The average molecular weight is 318 g/mol. The Morgan fingerprint density at radius 1 is 1.35 bits per heavy atom. The van der Waals surface area contributed by atoms with Crippen LogP contribution in [-0.4, -0.2) is 58.8 Å². The summed E-state index contributed by atoms with van der Waals surface area (Å²) in [5, 5.41) is 29.8. The highest BCUT2D eigenvalue weighted by Gasteiger charge is 2.48. The Balaban J connectivity index is 1.97. The second-order valence-electron chi connectivity index (χ2n) is 5.03. The Hall–Kier alpha value is -0.500. The van der Waals surface area contributed by atoms with Crippen molar-refractivity contribution in [1.29, 1.82) is 0 Å². The molecule has 2 heterocycles. The zero-order valence-electron chi connectivity index (χ0n) is 10.8. The molecule has 5 atom stereocenters. The number of aliphatic hydroxyl groups excluding tert-OH is 3. The summed E-state index contributed by atoms with van der Waals surface area (Å²) in [5.41, 5.74) is 0.920. The Kier molecular flexibility index (Phi) is 3.87. The Morgan fingerprint density at radius 2 is 2.10 bits per heavy atom. The van der Waals surface area contributed by atoms with Gasteiger partial charge in [0.05, 0.1) is 23.6 Å². The maximum absolute atomic E-state index is 10.3. The lowest BCUT2D eigenvalue weighted by Crippen LogP contribution is -2.62. The van der Waals surface area contributed by atoms with E-state index in [0.29, 0.717) is 5.02 Å². The first-order valence-corrected chi connectivity index (χ1v) is 7.60.